The van der Waals surface area contributed by atoms with Crippen molar-refractivity contribution in [2.24, 2.45) is 0 Å². The Morgan fingerprint density at radius 2 is 2.29 bits per heavy atom. The smallest absolute Gasteiger partial charge is 0.252 e. The van der Waals surface area contributed by atoms with E-state index in [0.29, 0.717) is 12.0 Å². The molecule has 0 fully saturated rings. The Bertz CT molecular complexity index is 398. The van der Waals surface area contributed by atoms with Gasteiger partial charge in [-0.1, -0.05) is 0 Å². The van der Waals surface area contributed by atoms with Crippen molar-refractivity contribution in [2.75, 3.05) is 6.61 Å². The summed E-state index contributed by atoms with van der Waals surface area (Å²) in [5, 5.41) is 11.6. The molecular weight excluding hydrogens is 397 g/mol. The molecule has 1 unspecified atom stereocenters. The Kier molecular flexibility index (Phi) is 6.43. The van der Waals surface area contributed by atoms with E-state index in [1.165, 1.54) is 0 Å². The van der Waals surface area contributed by atoms with E-state index in [-0.39, 0.29) is 18.6 Å². The molecule has 1 rings (SSSR count). The molecule has 0 heterocycles. The third kappa shape index (κ3) is 4.93. The zero-order valence-electron chi connectivity index (χ0n) is 9.54. The lowest BCUT2D eigenvalue weighted by molar-refractivity contribution is 0.0935. The van der Waals surface area contributed by atoms with Gasteiger partial charge in [0, 0.05) is 20.7 Å². The number of nitrogens with one attached hydrogen (secondary N) is 1. The Labute approximate surface area is 123 Å². The van der Waals surface area contributed by atoms with Gasteiger partial charge in [-0.25, -0.2) is 0 Å². The average Bonchev–Trinajstić information content (AvgIpc) is 2.29. The van der Waals surface area contributed by atoms with Gasteiger partial charge in [-0.15, -0.1) is 0 Å². The predicted octanol–water partition coefficient (Wildman–Crippen LogP) is 2.94. The van der Waals surface area contributed by atoms with Crippen molar-refractivity contribution in [3.05, 3.63) is 31.8 Å². The Morgan fingerprint density at radius 3 is 2.94 bits per heavy atom. The van der Waals surface area contributed by atoms with E-state index in [9.17, 15) is 4.79 Å². The molecule has 0 aliphatic heterocycles. The van der Waals surface area contributed by atoms with E-state index in [0.717, 1.165) is 14.5 Å². The Morgan fingerprint density at radius 1 is 1.59 bits per heavy atom. The third-order valence-corrected chi connectivity index (χ3v) is 3.71. The molecule has 5 heteroatoms. The van der Waals surface area contributed by atoms with Crippen LogP contribution in [0.15, 0.2) is 22.7 Å². The fourth-order valence-electron chi connectivity index (χ4n) is 1.44. The van der Waals surface area contributed by atoms with Gasteiger partial charge in [-0.2, -0.15) is 0 Å². The fourth-order valence-corrected chi connectivity index (χ4v) is 2.36. The van der Waals surface area contributed by atoms with E-state index >= 15 is 0 Å². The van der Waals surface area contributed by atoms with Gasteiger partial charge in [0.1, 0.15) is 0 Å². The van der Waals surface area contributed by atoms with Crippen molar-refractivity contribution >= 4 is 44.4 Å². The molecule has 1 aromatic rings. The second-order valence-electron chi connectivity index (χ2n) is 3.86. The van der Waals surface area contributed by atoms with Gasteiger partial charge in [0.15, 0.2) is 0 Å². The number of hydrogen-bond donors (Lipinski definition) is 2. The molecule has 0 radical (unpaired) electrons. The fraction of sp³-hybridized carbons (Fsp3) is 0.417. The predicted molar refractivity (Wildman–Crippen MR) is 80.1 cm³/mol. The molecule has 1 aromatic carbocycles. The van der Waals surface area contributed by atoms with Gasteiger partial charge in [0.05, 0.1) is 5.56 Å². The van der Waals surface area contributed by atoms with Gasteiger partial charge < -0.3 is 10.4 Å². The first kappa shape index (κ1) is 14.9. The molecule has 0 bridgehead atoms. The lowest BCUT2D eigenvalue weighted by Gasteiger charge is -2.14. The molecule has 17 heavy (non-hydrogen) atoms. The van der Waals surface area contributed by atoms with Crippen LogP contribution in [0.4, 0.5) is 0 Å². The summed E-state index contributed by atoms with van der Waals surface area (Å²) in [6.45, 7) is 2.10. The third-order valence-electron chi connectivity index (χ3n) is 2.35. The molecule has 0 saturated carbocycles. The highest BCUT2D eigenvalue weighted by molar-refractivity contribution is 14.1. The summed E-state index contributed by atoms with van der Waals surface area (Å²) in [7, 11) is 0. The van der Waals surface area contributed by atoms with Crippen molar-refractivity contribution in [1.29, 1.82) is 0 Å². The first-order chi connectivity index (χ1) is 8.04. The van der Waals surface area contributed by atoms with Gasteiger partial charge >= 0.3 is 0 Å². The highest BCUT2D eigenvalue weighted by Gasteiger charge is 2.12. The van der Waals surface area contributed by atoms with Gasteiger partial charge in [-0.05, 0) is 76.5 Å². The summed E-state index contributed by atoms with van der Waals surface area (Å²) in [5.74, 6) is -0.0826. The largest absolute Gasteiger partial charge is 0.396 e. The van der Waals surface area contributed by atoms with Crippen LogP contribution >= 0.6 is 38.5 Å². The number of amides is 1. The van der Waals surface area contributed by atoms with E-state index < -0.39 is 0 Å². The van der Waals surface area contributed by atoms with Crippen molar-refractivity contribution in [2.45, 2.75) is 25.8 Å². The molecule has 0 saturated heterocycles. The first-order valence-corrected chi connectivity index (χ1v) is 7.28. The van der Waals surface area contributed by atoms with Crippen molar-refractivity contribution in [3.63, 3.8) is 0 Å². The molecule has 0 aromatic heterocycles. The van der Waals surface area contributed by atoms with Crippen LogP contribution in [-0.4, -0.2) is 23.7 Å². The number of aliphatic hydroxyl groups excluding tert-OH is 1. The Hall–Kier alpha value is -0.140. The number of benzene rings is 1. The van der Waals surface area contributed by atoms with E-state index in [1.807, 2.05) is 25.1 Å². The lowest BCUT2D eigenvalue weighted by Crippen LogP contribution is -2.32. The SMILES string of the molecule is CC(CCCO)NC(=O)c1cc(I)ccc1Br. The van der Waals surface area contributed by atoms with Crippen LogP contribution in [0.5, 0.6) is 0 Å². The molecule has 94 valence electrons. The summed E-state index contributed by atoms with van der Waals surface area (Å²) in [6, 6.07) is 5.73. The Balaban J connectivity index is 2.66. The molecule has 3 nitrogen and oxygen atoms in total. The maximum atomic E-state index is 12.0. The van der Waals surface area contributed by atoms with E-state index in [4.69, 9.17) is 5.11 Å². The number of aliphatic hydroxyl groups is 1. The molecular formula is C12H15BrINO2. The number of hydrogen-bond acceptors (Lipinski definition) is 2. The maximum absolute atomic E-state index is 12.0. The van der Waals surface area contributed by atoms with Crippen LogP contribution in [-0.2, 0) is 0 Å². The second-order valence-corrected chi connectivity index (χ2v) is 5.96. The summed E-state index contributed by atoms with van der Waals surface area (Å²) < 4.78 is 1.82. The summed E-state index contributed by atoms with van der Waals surface area (Å²) in [5.41, 5.74) is 0.646. The monoisotopic (exact) mass is 411 g/mol. The van der Waals surface area contributed by atoms with Gasteiger partial charge in [-0.3, -0.25) is 4.79 Å². The molecule has 0 aliphatic carbocycles. The van der Waals surface area contributed by atoms with Crippen LogP contribution < -0.4 is 5.32 Å². The summed E-state index contributed by atoms with van der Waals surface area (Å²) >= 11 is 5.55. The molecule has 0 spiro atoms. The van der Waals surface area contributed by atoms with Crippen molar-refractivity contribution < 1.29 is 9.90 Å². The minimum Gasteiger partial charge on any atom is -0.396 e. The average molecular weight is 412 g/mol. The van der Waals surface area contributed by atoms with E-state index in [2.05, 4.69) is 43.8 Å². The van der Waals surface area contributed by atoms with Gasteiger partial charge in [0.25, 0.3) is 5.91 Å². The number of carbonyl (C=O) groups is 1. The quantitative estimate of drug-likeness (QED) is 0.732. The number of rotatable bonds is 5. The van der Waals surface area contributed by atoms with Crippen molar-refractivity contribution in [1.82, 2.24) is 5.32 Å². The van der Waals surface area contributed by atoms with E-state index in [1.54, 1.807) is 0 Å². The van der Waals surface area contributed by atoms with Crippen LogP contribution in [0.2, 0.25) is 0 Å². The van der Waals surface area contributed by atoms with Crippen LogP contribution in [0.3, 0.4) is 0 Å². The zero-order chi connectivity index (χ0) is 12.8. The summed E-state index contributed by atoms with van der Waals surface area (Å²) in [6.07, 6.45) is 1.48. The topological polar surface area (TPSA) is 49.3 Å². The number of carbonyl (C=O) groups excluding carboxylic acids is 1. The highest BCUT2D eigenvalue weighted by Crippen LogP contribution is 2.19. The van der Waals surface area contributed by atoms with Crippen molar-refractivity contribution in [3.8, 4) is 0 Å². The minimum atomic E-state index is -0.0826. The second kappa shape index (κ2) is 7.33. The molecule has 1 atom stereocenters. The normalized spacial score (nSPS) is 12.2. The van der Waals surface area contributed by atoms with Crippen LogP contribution in [0.25, 0.3) is 0 Å². The van der Waals surface area contributed by atoms with Crippen LogP contribution in [0.1, 0.15) is 30.1 Å². The van der Waals surface area contributed by atoms with Crippen LogP contribution in [0, 0.1) is 3.57 Å². The first-order valence-electron chi connectivity index (χ1n) is 5.41. The molecule has 0 aliphatic rings. The maximum Gasteiger partial charge on any atom is 0.252 e. The summed E-state index contributed by atoms with van der Waals surface area (Å²) in [4.78, 5) is 12.0. The minimum absolute atomic E-state index is 0.0689. The molecule has 2 N–H and O–H groups in total. The highest BCUT2D eigenvalue weighted by atomic mass is 127. The standard InChI is InChI=1S/C12H15BrINO2/c1-8(3-2-6-16)15-12(17)10-7-9(14)4-5-11(10)13/h4-5,7-8,16H,2-3,6H2,1H3,(H,15,17). The zero-order valence-corrected chi connectivity index (χ0v) is 13.3. The molecule has 1 amide bonds. The van der Waals surface area contributed by atoms with Gasteiger partial charge in [0.2, 0.25) is 0 Å². The number of halogens is 2. The lowest BCUT2D eigenvalue weighted by atomic mass is 10.1.